The number of phosphoric acid groups is 1. The van der Waals surface area contributed by atoms with Crippen LogP contribution in [0, 0.1) is 0 Å². The molecule has 1 amide bonds. The molecule has 3 atom stereocenters. The second-order valence-electron chi connectivity index (χ2n) is 19.1. The number of allylic oxidation sites excluding steroid dienone is 8. The van der Waals surface area contributed by atoms with E-state index in [1.807, 2.05) is 0 Å². The molecule has 0 heterocycles. The molecule has 4 N–H and O–H groups in total. The molecule has 0 radical (unpaired) electrons. The molecule has 0 bridgehead atoms. The topological polar surface area (TPSA) is 169 Å². The Balaban J connectivity index is 3.80. The predicted octanol–water partition coefficient (Wildman–Crippen LogP) is 16.1. The van der Waals surface area contributed by atoms with Gasteiger partial charge in [-0.1, -0.05) is 242 Å². The minimum Gasteiger partial charge on any atom is -0.480 e. The number of esters is 1. The summed E-state index contributed by atoms with van der Waals surface area (Å²) in [5.74, 6) is -2.38. The first-order valence-electron chi connectivity index (χ1n) is 28.2. The number of carboxylic acids is 1. The molecule has 0 aromatic carbocycles. The lowest BCUT2D eigenvalue weighted by Crippen LogP contribution is -2.43. The Kier molecular flexibility index (Phi) is 49.9. The second kappa shape index (κ2) is 51.8. The third kappa shape index (κ3) is 51.6. The van der Waals surface area contributed by atoms with Gasteiger partial charge in [0, 0.05) is 12.8 Å². The van der Waals surface area contributed by atoms with Gasteiger partial charge in [0.15, 0.2) is 6.04 Å². The molecule has 0 aliphatic rings. The van der Waals surface area contributed by atoms with Crippen LogP contribution in [0.3, 0.4) is 0 Å². The Morgan fingerprint density at radius 3 is 1.22 bits per heavy atom. The number of carbonyl (C=O) groups is 3. The summed E-state index contributed by atoms with van der Waals surface area (Å²) >= 11 is 0. The molecule has 11 nitrogen and oxygen atoms in total. The van der Waals surface area contributed by atoms with E-state index in [0.717, 1.165) is 83.5 Å². The third-order valence-corrected chi connectivity index (χ3v) is 13.3. The van der Waals surface area contributed by atoms with Gasteiger partial charge in [0.2, 0.25) is 5.91 Å². The molecule has 0 saturated carbocycles. The van der Waals surface area contributed by atoms with Crippen molar-refractivity contribution in [2.45, 2.75) is 276 Å². The average Bonchev–Trinajstić information content (AvgIpc) is 3.33. The number of nitrogens with one attached hydrogen (secondary N) is 1. The first kappa shape index (κ1) is 66.4. The summed E-state index contributed by atoms with van der Waals surface area (Å²) in [7, 11) is -4.77. The number of phosphoric ester groups is 1. The SMILES string of the molecule is CCCCC/C=C\C/C=C\C/C=C\C/C=C\CCCCCCCCCC(=O)NC(COP(=O)(O)OCC(O)COC(=O)CCCCCCCCCCCCCCCCCCCCCCCC)C(=O)O. The summed E-state index contributed by atoms with van der Waals surface area (Å²) in [5, 5.41) is 22.0. The Labute approximate surface area is 422 Å². The van der Waals surface area contributed by atoms with Crippen LogP contribution in [0.5, 0.6) is 0 Å². The number of rotatable bonds is 53. The van der Waals surface area contributed by atoms with E-state index < -0.39 is 57.6 Å². The third-order valence-electron chi connectivity index (χ3n) is 12.4. The largest absolute Gasteiger partial charge is 0.480 e. The Morgan fingerprint density at radius 1 is 0.464 bits per heavy atom. The molecule has 0 aliphatic heterocycles. The van der Waals surface area contributed by atoms with E-state index in [-0.39, 0.29) is 12.8 Å². The van der Waals surface area contributed by atoms with Crippen molar-refractivity contribution in [1.29, 1.82) is 0 Å². The van der Waals surface area contributed by atoms with Crippen LogP contribution in [0.4, 0.5) is 0 Å². The molecule has 0 spiro atoms. The van der Waals surface area contributed by atoms with Crippen molar-refractivity contribution >= 4 is 25.7 Å². The number of aliphatic hydroxyl groups is 1. The highest BCUT2D eigenvalue weighted by Crippen LogP contribution is 2.43. The lowest BCUT2D eigenvalue weighted by atomic mass is 10.0. The Morgan fingerprint density at radius 2 is 0.797 bits per heavy atom. The monoisotopic (exact) mass is 994 g/mol. The Hall–Kier alpha value is -2.56. The molecule has 0 aliphatic carbocycles. The van der Waals surface area contributed by atoms with E-state index in [2.05, 4.69) is 67.8 Å². The van der Waals surface area contributed by atoms with Crippen LogP contribution in [0.15, 0.2) is 48.6 Å². The maximum atomic E-state index is 12.4. The maximum Gasteiger partial charge on any atom is 0.472 e. The van der Waals surface area contributed by atoms with E-state index in [9.17, 15) is 34.1 Å². The minimum atomic E-state index is -4.77. The van der Waals surface area contributed by atoms with Crippen LogP contribution >= 0.6 is 7.82 Å². The molecule has 0 rings (SSSR count). The average molecular weight is 994 g/mol. The lowest BCUT2D eigenvalue weighted by molar-refractivity contribution is -0.147. The number of hydrogen-bond donors (Lipinski definition) is 4. The van der Waals surface area contributed by atoms with E-state index in [4.69, 9.17) is 13.8 Å². The van der Waals surface area contributed by atoms with Crippen LogP contribution < -0.4 is 5.32 Å². The van der Waals surface area contributed by atoms with Crippen LogP contribution in [0.25, 0.3) is 0 Å². The lowest BCUT2D eigenvalue weighted by Gasteiger charge is -2.18. The van der Waals surface area contributed by atoms with Gasteiger partial charge < -0.3 is 25.2 Å². The molecule has 0 saturated heterocycles. The number of aliphatic hydroxyl groups excluding tert-OH is 1. The molecule has 3 unspecified atom stereocenters. The van der Waals surface area contributed by atoms with E-state index in [1.54, 1.807) is 0 Å². The van der Waals surface area contributed by atoms with Gasteiger partial charge in [0.05, 0.1) is 13.2 Å². The number of hydrogen-bond acceptors (Lipinski definition) is 8. The molecule has 0 fully saturated rings. The first-order valence-corrected chi connectivity index (χ1v) is 29.7. The summed E-state index contributed by atoms with van der Waals surface area (Å²) in [4.78, 5) is 46.2. The second-order valence-corrected chi connectivity index (χ2v) is 20.6. The van der Waals surface area contributed by atoms with Gasteiger partial charge in [-0.15, -0.1) is 0 Å². The van der Waals surface area contributed by atoms with E-state index >= 15 is 0 Å². The van der Waals surface area contributed by atoms with Crippen molar-refractivity contribution in [2.75, 3.05) is 19.8 Å². The number of carbonyl (C=O) groups excluding carboxylic acids is 2. The fourth-order valence-electron chi connectivity index (χ4n) is 8.01. The van der Waals surface area contributed by atoms with Crippen LogP contribution in [-0.4, -0.2) is 64.9 Å². The van der Waals surface area contributed by atoms with Crippen LogP contribution in [-0.2, 0) is 32.7 Å². The Bertz CT molecular complexity index is 1350. The van der Waals surface area contributed by atoms with Gasteiger partial charge in [0.25, 0.3) is 0 Å². The zero-order chi connectivity index (χ0) is 50.6. The highest BCUT2D eigenvalue weighted by Gasteiger charge is 2.28. The normalized spacial score (nSPS) is 13.8. The molecule has 402 valence electrons. The quantitative estimate of drug-likeness (QED) is 0.0199. The van der Waals surface area contributed by atoms with Gasteiger partial charge in [-0.25, -0.2) is 9.36 Å². The minimum absolute atomic E-state index is 0.133. The molecule has 0 aromatic heterocycles. The zero-order valence-corrected chi connectivity index (χ0v) is 45.0. The van der Waals surface area contributed by atoms with Gasteiger partial charge in [-0.05, 0) is 57.8 Å². The summed E-state index contributed by atoms with van der Waals surface area (Å²) in [5.41, 5.74) is 0. The number of carboxylic acid groups (broad SMARTS) is 1. The van der Waals surface area contributed by atoms with Crippen molar-refractivity contribution in [3.05, 3.63) is 48.6 Å². The number of amides is 1. The number of unbranched alkanes of at least 4 members (excludes halogenated alkanes) is 31. The summed E-state index contributed by atoms with van der Waals surface area (Å²) in [6, 6.07) is -1.55. The zero-order valence-electron chi connectivity index (χ0n) is 44.1. The maximum absolute atomic E-state index is 12.4. The highest BCUT2D eigenvalue weighted by molar-refractivity contribution is 7.47. The van der Waals surface area contributed by atoms with Gasteiger partial charge >= 0.3 is 19.8 Å². The van der Waals surface area contributed by atoms with Crippen molar-refractivity contribution < 1.29 is 47.8 Å². The standard InChI is InChI=1S/C57H104NO10P/c1-3-5-7-9-11-13-15-17-19-21-23-25-27-28-30-32-34-36-38-40-42-44-46-48-55(60)58-54(57(62)63)52-68-69(64,65)67-51-53(59)50-66-56(61)49-47-45-43-41-39-37-35-33-31-29-26-24-22-20-18-16-14-12-10-8-6-4-2/h11,13,17,19,23,25,28,30,53-54,59H,3-10,12,14-16,18,20-22,24,26-27,29,31-52H2,1-2H3,(H,58,60)(H,62,63)(H,64,65)/b13-11-,19-17-,25-23-,30-28-. The summed E-state index contributed by atoms with van der Waals surface area (Å²) < 4.78 is 27.0. The van der Waals surface area contributed by atoms with Gasteiger partial charge in [-0.2, -0.15) is 0 Å². The fraction of sp³-hybridized carbons (Fsp3) is 0.807. The van der Waals surface area contributed by atoms with Crippen molar-refractivity contribution in [3.8, 4) is 0 Å². The highest BCUT2D eigenvalue weighted by atomic mass is 31.2. The first-order chi connectivity index (χ1) is 33.6. The molecular formula is C57H104NO10P. The molecule has 12 heteroatoms. The molecule has 0 aromatic rings. The fourth-order valence-corrected chi connectivity index (χ4v) is 8.78. The van der Waals surface area contributed by atoms with Gasteiger partial charge in [0.1, 0.15) is 12.7 Å². The van der Waals surface area contributed by atoms with E-state index in [0.29, 0.717) is 12.8 Å². The van der Waals surface area contributed by atoms with Crippen molar-refractivity contribution in [3.63, 3.8) is 0 Å². The van der Waals surface area contributed by atoms with Crippen LogP contribution in [0.2, 0.25) is 0 Å². The van der Waals surface area contributed by atoms with Crippen LogP contribution in [0.1, 0.15) is 264 Å². The van der Waals surface area contributed by atoms with Crippen molar-refractivity contribution in [2.24, 2.45) is 0 Å². The molecule has 69 heavy (non-hydrogen) atoms. The van der Waals surface area contributed by atoms with E-state index in [1.165, 1.54) is 141 Å². The number of ether oxygens (including phenoxy) is 1. The summed E-state index contributed by atoms with van der Waals surface area (Å²) in [6.07, 6.45) is 61.3. The number of aliphatic carboxylic acids is 1. The summed E-state index contributed by atoms with van der Waals surface area (Å²) in [6.45, 7) is 2.61. The van der Waals surface area contributed by atoms with Crippen molar-refractivity contribution in [1.82, 2.24) is 5.32 Å². The predicted molar refractivity (Wildman–Crippen MR) is 286 cm³/mol. The van der Waals surface area contributed by atoms with Gasteiger partial charge in [-0.3, -0.25) is 18.6 Å². The smallest absolute Gasteiger partial charge is 0.472 e. The molecular weight excluding hydrogens is 890 g/mol.